The van der Waals surface area contributed by atoms with Crippen molar-refractivity contribution in [1.29, 1.82) is 0 Å². The molecule has 2 aliphatic heterocycles. The van der Waals surface area contributed by atoms with E-state index < -0.39 is 16.1 Å². The second-order valence-corrected chi connectivity index (χ2v) is 8.91. The van der Waals surface area contributed by atoms with Crippen LogP contribution in [0.15, 0.2) is 0 Å². The van der Waals surface area contributed by atoms with Gasteiger partial charge in [-0.2, -0.15) is 0 Å². The van der Waals surface area contributed by atoms with Crippen molar-refractivity contribution in [2.45, 2.75) is 37.1 Å². The summed E-state index contributed by atoms with van der Waals surface area (Å²) >= 11 is 1.66. The summed E-state index contributed by atoms with van der Waals surface area (Å²) in [5.41, 5.74) is 0. The highest BCUT2D eigenvalue weighted by molar-refractivity contribution is 8.01. The van der Waals surface area contributed by atoms with Crippen LogP contribution in [0.25, 0.3) is 0 Å². The molecular weight excluding hydrogens is 314 g/mol. The lowest BCUT2D eigenvalue weighted by atomic mass is 10.2. The lowest BCUT2D eigenvalue weighted by Gasteiger charge is -2.29. The number of nitrogens with one attached hydrogen (secondary N) is 2. The van der Waals surface area contributed by atoms with Gasteiger partial charge in [-0.05, 0) is 19.8 Å². The van der Waals surface area contributed by atoms with Crippen molar-refractivity contribution < 1.29 is 18.0 Å². The van der Waals surface area contributed by atoms with Crippen LogP contribution in [0, 0.1) is 0 Å². The minimum Gasteiger partial charge on any atom is -0.354 e. The second kappa shape index (κ2) is 6.13. The highest BCUT2D eigenvalue weighted by Gasteiger charge is 2.52. The van der Waals surface area contributed by atoms with Gasteiger partial charge in [0.2, 0.25) is 21.8 Å². The van der Waals surface area contributed by atoms with Crippen molar-refractivity contribution in [1.82, 2.24) is 14.9 Å². The van der Waals surface area contributed by atoms with Crippen molar-refractivity contribution >= 4 is 33.6 Å². The minimum atomic E-state index is -3.19. The molecule has 0 aromatic carbocycles. The molecule has 0 unspecified atom stereocenters. The molecule has 2 atom stereocenters. The molecule has 0 bridgehead atoms. The lowest BCUT2D eigenvalue weighted by molar-refractivity contribution is -0.137. The topological polar surface area (TPSA) is 95.6 Å². The number of sulfonamides is 1. The number of carbonyl (C=O) groups excluding carboxylic acids is 2. The van der Waals surface area contributed by atoms with Crippen LogP contribution in [0.2, 0.25) is 0 Å². The largest absolute Gasteiger partial charge is 0.354 e. The highest BCUT2D eigenvalue weighted by Crippen LogP contribution is 2.47. The third-order valence-electron chi connectivity index (χ3n) is 3.76. The molecule has 0 saturated carbocycles. The second-order valence-electron chi connectivity index (χ2n) is 5.58. The Labute approximate surface area is 129 Å². The van der Waals surface area contributed by atoms with Gasteiger partial charge in [-0.15, -0.1) is 11.8 Å². The van der Waals surface area contributed by atoms with Crippen molar-refractivity contribution in [3.8, 4) is 0 Å². The first-order valence-corrected chi connectivity index (χ1v) is 9.79. The van der Waals surface area contributed by atoms with E-state index in [0.717, 1.165) is 12.7 Å². The predicted octanol–water partition coefficient (Wildman–Crippen LogP) is -0.504. The third-order valence-corrected chi connectivity index (χ3v) is 6.00. The van der Waals surface area contributed by atoms with Crippen molar-refractivity contribution in [3.63, 3.8) is 0 Å². The molecule has 0 radical (unpaired) electrons. The van der Waals surface area contributed by atoms with Crippen LogP contribution < -0.4 is 10.0 Å². The molecule has 0 aromatic heterocycles. The fraction of sp³-hybridized carbons (Fsp3) is 0.833. The normalized spacial score (nSPS) is 28.8. The fourth-order valence-corrected chi connectivity index (χ4v) is 4.64. The Morgan fingerprint density at radius 1 is 1.48 bits per heavy atom. The van der Waals surface area contributed by atoms with E-state index in [0.29, 0.717) is 31.7 Å². The average molecular weight is 335 g/mol. The maximum Gasteiger partial charge on any atom is 0.243 e. The van der Waals surface area contributed by atoms with Gasteiger partial charge in [-0.1, -0.05) is 0 Å². The van der Waals surface area contributed by atoms with E-state index in [9.17, 15) is 18.0 Å². The molecule has 7 nitrogen and oxygen atoms in total. The van der Waals surface area contributed by atoms with E-state index in [2.05, 4.69) is 10.0 Å². The zero-order chi connectivity index (χ0) is 15.7. The zero-order valence-corrected chi connectivity index (χ0v) is 13.8. The van der Waals surface area contributed by atoms with Crippen molar-refractivity contribution in [2.75, 3.05) is 25.1 Å². The number of thioether (sulfide) groups is 1. The van der Waals surface area contributed by atoms with Gasteiger partial charge in [0, 0.05) is 25.3 Å². The Morgan fingerprint density at radius 3 is 2.86 bits per heavy atom. The molecule has 21 heavy (non-hydrogen) atoms. The first-order chi connectivity index (χ1) is 9.73. The number of fused-ring (bicyclic) bond motifs is 1. The van der Waals surface area contributed by atoms with Crippen molar-refractivity contribution in [3.05, 3.63) is 0 Å². The first-order valence-electron chi connectivity index (χ1n) is 6.91. The Bertz CT molecular complexity index is 537. The number of rotatable bonds is 6. The van der Waals surface area contributed by atoms with Gasteiger partial charge < -0.3 is 10.2 Å². The summed E-state index contributed by atoms with van der Waals surface area (Å²) in [5.74, 6) is 0.512. The monoisotopic (exact) mass is 335 g/mol. The van der Waals surface area contributed by atoms with Gasteiger partial charge in [0.25, 0.3) is 0 Å². The summed E-state index contributed by atoms with van der Waals surface area (Å²) in [7, 11) is -3.19. The lowest BCUT2D eigenvalue weighted by Crippen LogP contribution is -2.50. The highest BCUT2D eigenvalue weighted by atomic mass is 32.2. The summed E-state index contributed by atoms with van der Waals surface area (Å²) in [4.78, 5) is 25.6. The predicted molar refractivity (Wildman–Crippen MR) is 81.2 cm³/mol. The molecule has 2 aliphatic rings. The maximum atomic E-state index is 12.2. The van der Waals surface area contributed by atoms with Gasteiger partial charge in [0.05, 0.1) is 11.1 Å². The summed E-state index contributed by atoms with van der Waals surface area (Å²) in [6.45, 7) is 2.69. The van der Waals surface area contributed by atoms with Crippen LogP contribution in [0.4, 0.5) is 0 Å². The SMILES string of the molecule is C[C@]12CCC(=O)N1[C@@H](C(=O)NCCCNS(C)(=O)=O)CS2. The zero-order valence-electron chi connectivity index (χ0n) is 12.2. The van der Waals surface area contributed by atoms with Crippen LogP contribution >= 0.6 is 11.8 Å². The average Bonchev–Trinajstić information content (AvgIpc) is 2.85. The van der Waals surface area contributed by atoms with E-state index >= 15 is 0 Å². The maximum absolute atomic E-state index is 12.2. The molecule has 2 amide bonds. The molecule has 2 rings (SSSR count). The molecule has 2 heterocycles. The Hall–Kier alpha value is -0.800. The molecular formula is C12H21N3O4S2. The molecule has 9 heteroatoms. The molecule has 0 aliphatic carbocycles. The number of amides is 2. The molecule has 0 spiro atoms. The van der Waals surface area contributed by atoms with E-state index in [1.807, 2.05) is 6.92 Å². The van der Waals surface area contributed by atoms with Gasteiger partial charge in [-0.3, -0.25) is 9.59 Å². The molecule has 2 N–H and O–H groups in total. The Morgan fingerprint density at radius 2 is 2.19 bits per heavy atom. The summed E-state index contributed by atoms with van der Waals surface area (Å²) in [6, 6.07) is -0.405. The number of nitrogens with zero attached hydrogens (tertiary/aromatic N) is 1. The quantitative estimate of drug-likeness (QED) is 0.638. The van der Waals surface area contributed by atoms with Crippen LogP contribution in [0.1, 0.15) is 26.2 Å². The standard InChI is InChI=1S/C12H21N3O4S2/c1-12-5-4-10(16)15(12)9(8-20-12)11(17)13-6-3-7-14-21(2,18)19/h9,14H,3-8H2,1-2H3,(H,13,17)/t9-,12+/m1/s1. The summed E-state index contributed by atoms with van der Waals surface area (Å²) in [6.07, 6.45) is 2.91. The number of carbonyl (C=O) groups is 2. The van der Waals surface area contributed by atoms with Crippen LogP contribution in [-0.2, 0) is 19.6 Å². The third kappa shape index (κ3) is 3.89. The van der Waals surface area contributed by atoms with Crippen LogP contribution in [-0.4, -0.2) is 61.1 Å². The summed E-state index contributed by atoms with van der Waals surface area (Å²) < 4.78 is 24.1. The van der Waals surface area contributed by atoms with Crippen LogP contribution in [0.3, 0.4) is 0 Å². The minimum absolute atomic E-state index is 0.0430. The molecule has 2 saturated heterocycles. The number of hydrogen-bond donors (Lipinski definition) is 2. The van der Waals surface area contributed by atoms with Gasteiger partial charge in [-0.25, -0.2) is 13.1 Å². The summed E-state index contributed by atoms with van der Waals surface area (Å²) in [5, 5.41) is 2.78. The van der Waals surface area contributed by atoms with E-state index in [1.54, 1.807) is 16.7 Å². The molecule has 0 aromatic rings. The van der Waals surface area contributed by atoms with Gasteiger partial charge >= 0.3 is 0 Å². The molecule has 120 valence electrons. The first kappa shape index (κ1) is 16.6. The van der Waals surface area contributed by atoms with Gasteiger partial charge in [0.1, 0.15) is 6.04 Å². The van der Waals surface area contributed by atoms with Crippen molar-refractivity contribution in [2.24, 2.45) is 0 Å². The smallest absolute Gasteiger partial charge is 0.243 e. The fourth-order valence-electron chi connectivity index (χ4n) is 2.69. The van der Waals surface area contributed by atoms with E-state index in [4.69, 9.17) is 0 Å². The Kier molecular flexibility index (Phi) is 4.84. The molecule has 2 fully saturated rings. The van der Waals surface area contributed by atoms with E-state index in [-0.39, 0.29) is 16.7 Å². The Balaban J connectivity index is 1.78. The van der Waals surface area contributed by atoms with Crippen LogP contribution in [0.5, 0.6) is 0 Å². The van der Waals surface area contributed by atoms with Gasteiger partial charge in [0.15, 0.2) is 0 Å². The number of hydrogen-bond acceptors (Lipinski definition) is 5. The van der Waals surface area contributed by atoms with E-state index in [1.165, 1.54) is 0 Å².